The van der Waals surface area contributed by atoms with E-state index in [1.165, 1.54) is 24.3 Å². The summed E-state index contributed by atoms with van der Waals surface area (Å²) >= 11 is 0. The Balaban J connectivity index is 2.31. The minimum atomic E-state index is -1.09. The Bertz CT molecular complexity index is 683. The highest BCUT2D eigenvalue weighted by Gasteiger charge is 2.11. The molecule has 6 heteroatoms. The van der Waals surface area contributed by atoms with Gasteiger partial charge in [-0.1, -0.05) is 0 Å². The van der Waals surface area contributed by atoms with Gasteiger partial charge < -0.3 is 10.4 Å². The fraction of sp³-hybridized carbons (Fsp3) is 0. The van der Waals surface area contributed by atoms with E-state index in [9.17, 15) is 13.6 Å². The molecule has 2 aromatic rings. The monoisotopic (exact) mass is 274 g/mol. The molecule has 2 aromatic carbocycles. The third-order valence-corrected chi connectivity index (χ3v) is 2.57. The molecule has 0 bridgehead atoms. The fourth-order valence-corrected chi connectivity index (χ4v) is 1.60. The molecular weight excluding hydrogens is 266 g/mol. The number of carboxylic acid groups (broad SMARTS) is 1. The summed E-state index contributed by atoms with van der Waals surface area (Å²) in [5, 5.41) is 19.8. The summed E-state index contributed by atoms with van der Waals surface area (Å²) in [4.78, 5) is 10.7. The van der Waals surface area contributed by atoms with Gasteiger partial charge in [-0.25, -0.2) is 13.6 Å². The Hall–Kier alpha value is -2.94. The van der Waals surface area contributed by atoms with Crippen LogP contribution in [0.4, 0.5) is 20.2 Å². The molecule has 2 N–H and O–H groups in total. The van der Waals surface area contributed by atoms with Gasteiger partial charge in [0.25, 0.3) is 0 Å². The SMILES string of the molecule is N#Cc1cc(F)c(Nc2ccc(C(=O)O)cc2)c(F)c1. The number of hydrogen-bond acceptors (Lipinski definition) is 3. The molecule has 0 amide bonds. The van der Waals surface area contributed by atoms with Gasteiger partial charge >= 0.3 is 5.97 Å². The van der Waals surface area contributed by atoms with Gasteiger partial charge in [0.2, 0.25) is 0 Å². The van der Waals surface area contributed by atoms with E-state index >= 15 is 0 Å². The van der Waals surface area contributed by atoms with Gasteiger partial charge in [-0.3, -0.25) is 0 Å². The Kier molecular flexibility index (Phi) is 3.62. The van der Waals surface area contributed by atoms with E-state index in [2.05, 4.69) is 5.32 Å². The zero-order valence-corrected chi connectivity index (χ0v) is 10.0. The number of nitrogens with one attached hydrogen (secondary N) is 1. The average molecular weight is 274 g/mol. The van der Waals surface area contributed by atoms with Crippen LogP contribution < -0.4 is 5.32 Å². The van der Waals surface area contributed by atoms with Crippen molar-refractivity contribution >= 4 is 17.3 Å². The van der Waals surface area contributed by atoms with Crippen molar-refractivity contribution < 1.29 is 18.7 Å². The lowest BCUT2D eigenvalue weighted by Crippen LogP contribution is -2.00. The number of halogens is 2. The number of benzene rings is 2. The molecule has 20 heavy (non-hydrogen) atoms. The van der Waals surface area contributed by atoms with Crippen LogP contribution in [0.1, 0.15) is 15.9 Å². The lowest BCUT2D eigenvalue weighted by Gasteiger charge is -2.09. The van der Waals surface area contributed by atoms with Crippen LogP contribution in [0.15, 0.2) is 36.4 Å². The summed E-state index contributed by atoms with van der Waals surface area (Å²) in [6.45, 7) is 0. The van der Waals surface area contributed by atoms with Crippen molar-refractivity contribution in [1.82, 2.24) is 0 Å². The molecule has 0 saturated carbocycles. The van der Waals surface area contributed by atoms with Crippen LogP contribution in [-0.4, -0.2) is 11.1 Å². The van der Waals surface area contributed by atoms with E-state index < -0.39 is 23.3 Å². The summed E-state index contributed by atoms with van der Waals surface area (Å²) in [6.07, 6.45) is 0. The zero-order valence-electron chi connectivity index (χ0n) is 10.0. The minimum absolute atomic E-state index is 0.0660. The van der Waals surface area contributed by atoms with Gasteiger partial charge in [-0.2, -0.15) is 5.26 Å². The number of carbonyl (C=O) groups is 1. The van der Waals surface area contributed by atoms with E-state index in [0.717, 1.165) is 12.1 Å². The van der Waals surface area contributed by atoms with Gasteiger partial charge in [0.05, 0.1) is 17.2 Å². The Morgan fingerprint density at radius 1 is 1.15 bits per heavy atom. The lowest BCUT2D eigenvalue weighted by atomic mass is 10.1. The molecule has 2 rings (SSSR count). The smallest absolute Gasteiger partial charge is 0.335 e. The van der Waals surface area contributed by atoms with E-state index in [0.29, 0.717) is 5.69 Å². The zero-order chi connectivity index (χ0) is 14.7. The second-order valence-corrected chi connectivity index (χ2v) is 3.93. The predicted molar refractivity (Wildman–Crippen MR) is 67.8 cm³/mol. The summed E-state index contributed by atoms with van der Waals surface area (Å²) in [5.41, 5.74) is -0.118. The van der Waals surface area contributed by atoms with Gasteiger partial charge in [0.1, 0.15) is 5.69 Å². The van der Waals surface area contributed by atoms with Crippen LogP contribution in [0.3, 0.4) is 0 Å². The van der Waals surface area contributed by atoms with E-state index in [1.54, 1.807) is 6.07 Å². The summed E-state index contributed by atoms with van der Waals surface area (Å²) < 4.78 is 27.3. The quantitative estimate of drug-likeness (QED) is 0.900. The molecule has 0 unspecified atom stereocenters. The first-order valence-corrected chi connectivity index (χ1v) is 5.51. The van der Waals surface area contributed by atoms with Crippen LogP contribution in [0.2, 0.25) is 0 Å². The summed E-state index contributed by atoms with van der Waals surface area (Å²) in [7, 11) is 0. The van der Waals surface area contributed by atoms with Crippen molar-refractivity contribution in [2.45, 2.75) is 0 Å². The van der Waals surface area contributed by atoms with Gasteiger partial charge in [0, 0.05) is 5.69 Å². The molecule has 0 aliphatic heterocycles. The molecule has 0 spiro atoms. The summed E-state index contributed by atoms with van der Waals surface area (Å²) in [6, 6.07) is 8.87. The number of nitriles is 1. The number of anilines is 2. The Labute approximate surface area is 112 Å². The number of aromatic carboxylic acids is 1. The number of carboxylic acids is 1. The highest BCUT2D eigenvalue weighted by atomic mass is 19.1. The molecule has 0 radical (unpaired) electrons. The second kappa shape index (κ2) is 5.36. The molecule has 0 aromatic heterocycles. The lowest BCUT2D eigenvalue weighted by molar-refractivity contribution is 0.0697. The Morgan fingerprint density at radius 3 is 2.15 bits per heavy atom. The highest BCUT2D eigenvalue weighted by molar-refractivity contribution is 5.88. The van der Waals surface area contributed by atoms with E-state index in [4.69, 9.17) is 10.4 Å². The average Bonchev–Trinajstić information content (AvgIpc) is 2.43. The molecule has 100 valence electrons. The first kappa shape index (κ1) is 13.5. The summed E-state index contributed by atoms with van der Waals surface area (Å²) in [5.74, 6) is -2.89. The normalized spacial score (nSPS) is 9.85. The molecule has 4 nitrogen and oxygen atoms in total. The molecular formula is C14H8F2N2O2. The molecule has 0 aliphatic carbocycles. The van der Waals surface area contributed by atoms with Crippen molar-refractivity contribution in [3.8, 4) is 6.07 Å². The number of hydrogen-bond donors (Lipinski definition) is 2. The molecule has 0 atom stereocenters. The van der Waals surface area contributed by atoms with Gasteiger partial charge in [-0.05, 0) is 36.4 Å². The van der Waals surface area contributed by atoms with E-state index in [1.807, 2.05) is 0 Å². The van der Waals surface area contributed by atoms with Crippen molar-refractivity contribution in [3.05, 3.63) is 59.2 Å². The van der Waals surface area contributed by atoms with Crippen LogP contribution in [-0.2, 0) is 0 Å². The van der Waals surface area contributed by atoms with Gasteiger partial charge in [-0.15, -0.1) is 0 Å². The molecule has 0 aliphatic rings. The van der Waals surface area contributed by atoms with Crippen molar-refractivity contribution in [2.75, 3.05) is 5.32 Å². The minimum Gasteiger partial charge on any atom is -0.478 e. The largest absolute Gasteiger partial charge is 0.478 e. The maximum Gasteiger partial charge on any atom is 0.335 e. The first-order valence-electron chi connectivity index (χ1n) is 5.51. The van der Waals surface area contributed by atoms with Crippen molar-refractivity contribution in [1.29, 1.82) is 5.26 Å². The van der Waals surface area contributed by atoms with Crippen LogP contribution in [0, 0.1) is 23.0 Å². The first-order chi connectivity index (χ1) is 9.51. The third kappa shape index (κ3) is 2.72. The van der Waals surface area contributed by atoms with Crippen molar-refractivity contribution in [3.63, 3.8) is 0 Å². The van der Waals surface area contributed by atoms with E-state index in [-0.39, 0.29) is 11.1 Å². The topological polar surface area (TPSA) is 73.1 Å². The number of nitrogens with zero attached hydrogens (tertiary/aromatic N) is 1. The highest BCUT2D eigenvalue weighted by Crippen LogP contribution is 2.24. The number of rotatable bonds is 3. The maximum atomic E-state index is 13.6. The molecule has 0 heterocycles. The second-order valence-electron chi connectivity index (χ2n) is 3.93. The predicted octanol–water partition coefficient (Wildman–Crippen LogP) is 3.28. The fourth-order valence-electron chi connectivity index (χ4n) is 1.60. The molecule has 0 fully saturated rings. The van der Waals surface area contributed by atoms with Crippen LogP contribution in [0.5, 0.6) is 0 Å². The third-order valence-electron chi connectivity index (χ3n) is 2.57. The van der Waals surface area contributed by atoms with Crippen LogP contribution in [0.25, 0.3) is 0 Å². The van der Waals surface area contributed by atoms with Crippen LogP contribution >= 0.6 is 0 Å². The maximum absolute atomic E-state index is 13.6. The Morgan fingerprint density at radius 2 is 1.70 bits per heavy atom. The molecule has 0 saturated heterocycles. The van der Waals surface area contributed by atoms with Crippen molar-refractivity contribution in [2.24, 2.45) is 0 Å². The van der Waals surface area contributed by atoms with Gasteiger partial charge in [0.15, 0.2) is 11.6 Å². The standard InChI is InChI=1S/C14H8F2N2O2/c15-11-5-8(7-17)6-12(16)13(11)18-10-3-1-9(2-4-10)14(19)20/h1-6,18H,(H,19,20).